The summed E-state index contributed by atoms with van der Waals surface area (Å²) >= 11 is 3.10. The minimum atomic E-state index is -2.09. The Labute approximate surface area is 41.2 Å². The second-order valence-corrected chi connectivity index (χ2v) is 1.21. The van der Waals surface area contributed by atoms with Gasteiger partial charge >= 0.3 is 0 Å². The van der Waals surface area contributed by atoms with Gasteiger partial charge in [-0.05, 0) is 12.9 Å². The molecule has 0 radical (unpaired) electrons. The van der Waals surface area contributed by atoms with Crippen molar-refractivity contribution in [3.05, 3.63) is 0 Å². The van der Waals surface area contributed by atoms with E-state index < -0.39 is 5.97 Å². The molecule has 0 amide bonds. The summed E-state index contributed by atoms with van der Waals surface area (Å²) in [6, 6.07) is 0. The summed E-state index contributed by atoms with van der Waals surface area (Å²) in [5.41, 5.74) is 0. The van der Waals surface area contributed by atoms with E-state index in [0.717, 1.165) is 6.92 Å². The van der Waals surface area contributed by atoms with Crippen LogP contribution < -0.4 is 0 Å². The van der Waals surface area contributed by atoms with Crippen LogP contribution in [0.5, 0.6) is 0 Å². The molecule has 4 heteroatoms. The summed E-state index contributed by atoms with van der Waals surface area (Å²) in [7, 11) is 0. The normalized spacial score (nSPS) is 12.0. The minimum absolute atomic E-state index is 1.06. The zero-order valence-electron chi connectivity index (χ0n) is 3.25. The lowest BCUT2D eigenvalue weighted by Crippen LogP contribution is -2.22. The second-order valence-electron chi connectivity index (χ2n) is 1.03. The first-order valence-electron chi connectivity index (χ1n) is 1.33. The summed E-state index contributed by atoms with van der Waals surface area (Å²) in [6.45, 7) is 1.06. The van der Waals surface area contributed by atoms with Crippen molar-refractivity contribution in [2.24, 2.45) is 0 Å². The van der Waals surface area contributed by atoms with Crippen molar-refractivity contribution in [2.75, 3.05) is 0 Å². The first-order chi connectivity index (χ1) is 2.56. The van der Waals surface area contributed by atoms with E-state index in [2.05, 4.69) is 17.1 Å². The molecule has 0 saturated carbocycles. The SMILES string of the molecule is CC(O)(O)OS. The average Bonchev–Trinajstić information content (AvgIpc) is 1.35. The molecule has 0 aliphatic rings. The lowest BCUT2D eigenvalue weighted by molar-refractivity contribution is -0.269. The molecule has 0 aliphatic heterocycles. The third-order valence-corrected chi connectivity index (χ3v) is 0.519. The average molecular weight is 110 g/mol. The molecule has 0 heterocycles. The van der Waals surface area contributed by atoms with E-state index in [-0.39, 0.29) is 0 Å². The fourth-order valence-electron chi connectivity index (χ4n) is 0. The number of hydrogen-bond donors (Lipinski definition) is 3. The Morgan fingerprint density at radius 3 is 1.83 bits per heavy atom. The van der Waals surface area contributed by atoms with E-state index in [9.17, 15) is 0 Å². The number of thiol groups is 1. The first kappa shape index (κ1) is 6.23. The Bertz CT molecular complexity index is 38.5. The van der Waals surface area contributed by atoms with Crippen LogP contribution in [-0.4, -0.2) is 16.2 Å². The van der Waals surface area contributed by atoms with Crippen LogP contribution in [0.3, 0.4) is 0 Å². The van der Waals surface area contributed by atoms with Crippen LogP contribution in [0.1, 0.15) is 6.92 Å². The van der Waals surface area contributed by atoms with Gasteiger partial charge < -0.3 is 10.2 Å². The molecule has 0 bridgehead atoms. The summed E-state index contributed by atoms with van der Waals surface area (Å²) in [6.07, 6.45) is 0. The molecule has 2 N–H and O–H groups in total. The highest BCUT2D eigenvalue weighted by Crippen LogP contribution is 1.99. The van der Waals surface area contributed by atoms with Gasteiger partial charge in [-0.15, -0.1) is 0 Å². The van der Waals surface area contributed by atoms with E-state index in [0.29, 0.717) is 0 Å². The molecule has 6 heavy (non-hydrogen) atoms. The van der Waals surface area contributed by atoms with Crippen LogP contribution in [0.4, 0.5) is 0 Å². The molecule has 0 rings (SSSR count). The maximum Gasteiger partial charge on any atom is 0.285 e. The lowest BCUT2D eigenvalue weighted by atomic mass is 10.7. The number of rotatable bonds is 1. The van der Waals surface area contributed by atoms with Gasteiger partial charge in [0, 0.05) is 6.92 Å². The van der Waals surface area contributed by atoms with Crippen molar-refractivity contribution in [3.8, 4) is 0 Å². The van der Waals surface area contributed by atoms with Crippen LogP contribution in [0.2, 0.25) is 0 Å². The molecule has 0 saturated heterocycles. The standard InChI is InChI=1S/C2H6O3S/c1-2(3,4)5-6/h3-4,6H,1H3. The van der Waals surface area contributed by atoms with E-state index in [4.69, 9.17) is 10.2 Å². The molecular formula is C2H6O3S. The van der Waals surface area contributed by atoms with Crippen molar-refractivity contribution in [1.82, 2.24) is 0 Å². The van der Waals surface area contributed by atoms with Gasteiger partial charge in [0.05, 0.1) is 0 Å². The Balaban J connectivity index is 3.17. The topological polar surface area (TPSA) is 49.7 Å². The quantitative estimate of drug-likeness (QED) is 0.242. The van der Waals surface area contributed by atoms with Crippen molar-refractivity contribution in [1.29, 1.82) is 0 Å². The van der Waals surface area contributed by atoms with Gasteiger partial charge in [0.2, 0.25) is 0 Å². The molecular weight excluding hydrogens is 104 g/mol. The van der Waals surface area contributed by atoms with Gasteiger partial charge in [-0.3, -0.25) is 4.18 Å². The summed E-state index contributed by atoms with van der Waals surface area (Å²) in [4.78, 5) is 0. The molecule has 0 fully saturated rings. The van der Waals surface area contributed by atoms with Crippen LogP contribution >= 0.6 is 12.9 Å². The number of hydrogen-bond acceptors (Lipinski definition) is 4. The third-order valence-electron chi connectivity index (χ3n) is 0.173. The van der Waals surface area contributed by atoms with Gasteiger partial charge in [-0.2, -0.15) is 0 Å². The van der Waals surface area contributed by atoms with Crippen molar-refractivity contribution in [3.63, 3.8) is 0 Å². The monoisotopic (exact) mass is 110 g/mol. The van der Waals surface area contributed by atoms with Gasteiger partial charge in [0.25, 0.3) is 5.97 Å². The maximum atomic E-state index is 8.08. The van der Waals surface area contributed by atoms with Crippen LogP contribution in [0.15, 0.2) is 0 Å². The van der Waals surface area contributed by atoms with E-state index >= 15 is 0 Å². The highest BCUT2D eigenvalue weighted by molar-refractivity contribution is 7.75. The zero-order chi connectivity index (χ0) is 5.21. The maximum absolute atomic E-state index is 8.08. The van der Waals surface area contributed by atoms with Crippen molar-refractivity contribution < 1.29 is 14.4 Å². The number of aliphatic hydroxyl groups is 2. The molecule has 0 aromatic heterocycles. The molecule has 0 spiro atoms. The molecule has 0 aliphatic carbocycles. The van der Waals surface area contributed by atoms with Gasteiger partial charge in [0.1, 0.15) is 0 Å². The molecule has 0 aromatic carbocycles. The van der Waals surface area contributed by atoms with Crippen LogP contribution in [0, 0.1) is 0 Å². The van der Waals surface area contributed by atoms with Gasteiger partial charge in [0.15, 0.2) is 0 Å². The van der Waals surface area contributed by atoms with E-state index in [1.807, 2.05) is 0 Å². The summed E-state index contributed by atoms with van der Waals surface area (Å²) in [5, 5.41) is 16.2. The van der Waals surface area contributed by atoms with Crippen molar-refractivity contribution in [2.45, 2.75) is 12.9 Å². The van der Waals surface area contributed by atoms with E-state index in [1.54, 1.807) is 0 Å². The second kappa shape index (κ2) is 1.79. The van der Waals surface area contributed by atoms with Gasteiger partial charge in [-0.25, -0.2) is 0 Å². The largest absolute Gasteiger partial charge is 0.343 e. The van der Waals surface area contributed by atoms with E-state index in [1.165, 1.54) is 0 Å². The highest BCUT2D eigenvalue weighted by Gasteiger charge is 2.11. The van der Waals surface area contributed by atoms with Crippen molar-refractivity contribution >= 4 is 12.9 Å². The fourth-order valence-corrected chi connectivity index (χ4v) is 0. The Kier molecular flexibility index (Phi) is 1.86. The fraction of sp³-hybridized carbons (Fsp3) is 1.00. The minimum Gasteiger partial charge on any atom is -0.343 e. The first-order valence-corrected chi connectivity index (χ1v) is 1.70. The summed E-state index contributed by atoms with van der Waals surface area (Å²) < 4.78 is 3.74. The highest BCUT2D eigenvalue weighted by atomic mass is 32.1. The predicted octanol–water partition coefficient (Wildman–Crippen LogP) is -0.494. The molecule has 3 nitrogen and oxygen atoms in total. The lowest BCUT2D eigenvalue weighted by Gasteiger charge is -2.08. The zero-order valence-corrected chi connectivity index (χ0v) is 4.14. The van der Waals surface area contributed by atoms with Crippen LogP contribution in [-0.2, 0) is 4.18 Å². The Hall–Kier alpha value is 0.230. The summed E-state index contributed by atoms with van der Waals surface area (Å²) in [5.74, 6) is -2.09. The van der Waals surface area contributed by atoms with Crippen LogP contribution in [0.25, 0.3) is 0 Å². The predicted molar refractivity (Wildman–Crippen MR) is 22.9 cm³/mol. The smallest absolute Gasteiger partial charge is 0.285 e. The molecule has 0 unspecified atom stereocenters. The third kappa shape index (κ3) is 4.23. The molecule has 38 valence electrons. The Morgan fingerprint density at radius 2 is 1.83 bits per heavy atom. The van der Waals surface area contributed by atoms with Gasteiger partial charge in [-0.1, -0.05) is 0 Å². The molecule has 0 aromatic rings. The Morgan fingerprint density at radius 1 is 1.67 bits per heavy atom. The molecule has 0 atom stereocenters.